The Balaban J connectivity index is 2.18. The molecular weight excluding hydrogens is 345 g/mol. The first-order chi connectivity index (χ1) is 13.0. The van der Waals surface area contributed by atoms with Crippen LogP contribution in [0.3, 0.4) is 0 Å². The highest BCUT2D eigenvalue weighted by atomic mass is 19.1. The molecule has 0 N–H and O–H groups in total. The predicted molar refractivity (Wildman–Crippen MR) is 105 cm³/mol. The van der Waals surface area contributed by atoms with Crippen LogP contribution in [0.4, 0.5) is 4.39 Å². The van der Waals surface area contributed by atoms with E-state index in [0.717, 1.165) is 45.5 Å². The molecule has 3 aromatic heterocycles. The van der Waals surface area contributed by atoms with Gasteiger partial charge in [0.05, 0.1) is 42.2 Å². The first kappa shape index (κ1) is 19.3. The SMILES string of the molecule is CCc1nc(OC)ccc1-c1nc2c(C)cn(C(CF)COC)c2cc1C. The van der Waals surface area contributed by atoms with Gasteiger partial charge < -0.3 is 14.0 Å². The zero-order chi connectivity index (χ0) is 19.6. The van der Waals surface area contributed by atoms with Crippen LogP contribution in [0.5, 0.6) is 5.88 Å². The van der Waals surface area contributed by atoms with Crippen molar-refractivity contribution >= 4 is 11.0 Å². The Kier molecular flexibility index (Phi) is 5.75. The van der Waals surface area contributed by atoms with Crippen molar-refractivity contribution in [3.63, 3.8) is 0 Å². The summed E-state index contributed by atoms with van der Waals surface area (Å²) in [5.74, 6) is 0.599. The van der Waals surface area contributed by atoms with Crippen molar-refractivity contribution in [3.05, 3.63) is 41.2 Å². The van der Waals surface area contributed by atoms with Gasteiger partial charge in [0.1, 0.15) is 6.67 Å². The third kappa shape index (κ3) is 3.54. The van der Waals surface area contributed by atoms with Crippen LogP contribution in [-0.2, 0) is 11.2 Å². The quantitative estimate of drug-likeness (QED) is 0.616. The van der Waals surface area contributed by atoms with Gasteiger partial charge in [0.2, 0.25) is 5.88 Å². The molecule has 5 nitrogen and oxygen atoms in total. The number of ether oxygens (including phenoxy) is 2. The summed E-state index contributed by atoms with van der Waals surface area (Å²) in [6.45, 7) is 5.93. The molecule has 0 saturated carbocycles. The Hall–Kier alpha value is -2.47. The van der Waals surface area contributed by atoms with E-state index in [0.29, 0.717) is 12.5 Å². The molecule has 6 heteroatoms. The minimum Gasteiger partial charge on any atom is -0.481 e. The first-order valence-electron chi connectivity index (χ1n) is 9.11. The Bertz CT molecular complexity index is 952. The van der Waals surface area contributed by atoms with Crippen LogP contribution in [0.2, 0.25) is 0 Å². The molecule has 0 amide bonds. The van der Waals surface area contributed by atoms with Crippen LogP contribution >= 0.6 is 0 Å². The maximum Gasteiger partial charge on any atom is 0.213 e. The largest absolute Gasteiger partial charge is 0.481 e. The molecule has 0 fully saturated rings. The van der Waals surface area contributed by atoms with Gasteiger partial charge in [0, 0.05) is 24.9 Å². The fourth-order valence-electron chi connectivity index (χ4n) is 3.47. The van der Waals surface area contributed by atoms with E-state index in [-0.39, 0.29) is 6.04 Å². The lowest BCUT2D eigenvalue weighted by molar-refractivity contribution is 0.142. The molecule has 3 rings (SSSR count). The van der Waals surface area contributed by atoms with Gasteiger partial charge in [-0.2, -0.15) is 0 Å². The lowest BCUT2D eigenvalue weighted by atomic mass is 10.0. The molecule has 0 spiro atoms. The summed E-state index contributed by atoms with van der Waals surface area (Å²) >= 11 is 0. The number of rotatable bonds is 7. The third-order valence-electron chi connectivity index (χ3n) is 4.86. The monoisotopic (exact) mass is 371 g/mol. The number of methoxy groups -OCH3 is 2. The number of aromatic nitrogens is 3. The Labute approximate surface area is 159 Å². The maximum atomic E-state index is 13.5. The van der Waals surface area contributed by atoms with Crippen molar-refractivity contribution in [3.8, 4) is 17.1 Å². The zero-order valence-electron chi connectivity index (χ0n) is 16.5. The molecule has 0 bridgehead atoms. The molecule has 0 saturated heterocycles. The van der Waals surface area contributed by atoms with Crippen LogP contribution in [0.1, 0.15) is 29.8 Å². The molecule has 0 aliphatic carbocycles. The summed E-state index contributed by atoms with van der Waals surface area (Å²) in [6.07, 6.45) is 2.74. The summed E-state index contributed by atoms with van der Waals surface area (Å²) in [7, 11) is 3.20. The Morgan fingerprint density at radius 2 is 1.93 bits per heavy atom. The second-order valence-electron chi connectivity index (χ2n) is 6.71. The molecule has 0 aliphatic heterocycles. The van der Waals surface area contributed by atoms with Crippen LogP contribution in [0, 0.1) is 13.8 Å². The van der Waals surface area contributed by atoms with Crippen molar-refractivity contribution < 1.29 is 13.9 Å². The van der Waals surface area contributed by atoms with E-state index in [9.17, 15) is 4.39 Å². The van der Waals surface area contributed by atoms with Crippen LogP contribution < -0.4 is 4.74 Å². The number of hydrogen-bond donors (Lipinski definition) is 0. The molecule has 0 radical (unpaired) electrons. The number of alkyl halides is 1. The van der Waals surface area contributed by atoms with E-state index in [2.05, 4.69) is 18.0 Å². The van der Waals surface area contributed by atoms with Crippen LogP contribution in [0.25, 0.3) is 22.3 Å². The van der Waals surface area contributed by atoms with E-state index < -0.39 is 6.67 Å². The zero-order valence-corrected chi connectivity index (χ0v) is 16.5. The standard InChI is InChI=1S/C21H26FN3O2/c1-6-17-16(7-8-19(23-17)27-5)20-13(2)9-18-21(24-20)14(3)11-25(18)15(10-22)12-26-4/h7-9,11,15H,6,10,12H2,1-5H3. The normalized spacial score (nSPS) is 12.5. The van der Waals surface area contributed by atoms with Crippen molar-refractivity contribution in [2.24, 2.45) is 0 Å². The summed E-state index contributed by atoms with van der Waals surface area (Å²) in [5.41, 5.74) is 6.69. The molecule has 1 unspecified atom stereocenters. The molecule has 0 aliphatic rings. The Morgan fingerprint density at radius 1 is 1.15 bits per heavy atom. The smallest absolute Gasteiger partial charge is 0.213 e. The molecule has 27 heavy (non-hydrogen) atoms. The number of fused-ring (bicyclic) bond motifs is 1. The highest BCUT2D eigenvalue weighted by Gasteiger charge is 2.19. The van der Waals surface area contributed by atoms with Crippen molar-refractivity contribution in [2.45, 2.75) is 33.2 Å². The van der Waals surface area contributed by atoms with Gasteiger partial charge in [-0.15, -0.1) is 0 Å². The molecule has 3 heterocycles. The summed E-state index contributed by atoms with van der Waals surface area (Å²) in [6, 6.07) is 5.59. The topological polar surface area (TPSA) is 49.2 Å². The van der Waals surface area contributed by atoms with Crippen LogP contribution in [0.15, 0.2) is 24.4 Å². The van der Waals surface area contributed by atoms with E-state index in [1.165, 1.54) is 0 Å². The van der Waals surface area contributed by atoms with Crippen molar-refractivity contribution in [1.29, 1.82) is 0 Å². The average molecular weight is 371 g/mol. The number of hydrogen-bond acceptors (Lipinski definition) is 4. The van der Waals surface area contributed by atoms with Crippen LogP contribution in [-0.4, -0.2) is 42.0 Å². The highest BCUT2D eigenvalue weighted by molar-refractivity contribution is 5.84. The Morgan fingerprint density at radius 3 is 2.56 bits per heavy atom. The van der Waals surface area contributed by atoms with Crippen molar-refractivity contribution in [1.82, 2.24) is 14.5 Å². The minimum absolute atomic E-state index is 0.322. The second kappa shape index (κ2) is 8.05. The molecular formula is C21H26FN3O2. The predicted octanol–water partition coefficient (Wildman–Crippen LogP) is 4.44. The fraction of sp³-hybridized carbons (Fsp3) is 0.429. The van der Waals surface area contributed by atoms with E-state index in [1.807, 2.05) is 36.7 Å². The molecule has 3 aromatic rings. The fourth-order valence-corrected chi connectivity index (χ4v) is 3.47. The lowest BCUT2D eigenvalue weighted by Crippen LogP contribution is -2.15. The second-order valence-corrected chi connectivity index (χ2v) is 6.71. The van der Waals surface area contributed by atoms with E-state index in [1.54, 1.807) is 14.2 Å². The average Bonchev–Trinajstić information content (AvgIpc) is 3.00. The summed E-state index contributed by atoms with van der Waals surface area (Å²) in [4.78, 5) is 9.51. The lowest BCUT2D eigenvalue weighted by Gasteiger charge is -2.16. The van der Waals surface area contributed by atoms with Gasteiger partial charge in [-0.3, -0.25) is 0 Å². The van der Waals surface area contributed by atoms with Gasteiger partial charge in [-0.25, -0.2) is 14.4 Å². The van der Waals surface area contributed by atoms with Gasteiger partial charge in [0.25, 0.3) is 0 Å². The summed E-state index contributed by atoms with van der Waals surface area (Å²) < 4.78 is 25.9. The van der Waals surface area contributed by atoms with Gasteiger partial charge in [-0.1, -0.05) is 6.92 Å². The molecule has 0 aromatic carbocycles. The van der Waals surface area contributed by atoms with E-state index in [4.69, 9.17) is 14.5 Å². The third-order valence-corrected chi connectivity index (χ3v) is 4.86. The summed E-state index contributed by atoms with van der Waals surface area (Å²) in [5, 5.41) is 0. The molecule has 1 atom stereocenters. The highest BCUT2D eigenvalue weighted by Crippen LogP contribution is 2.32. The van der Waals surface area contributed by atoms with Gasteiger partial charge >= 0.3 is 0 Å². The number of pyridine rings is 2. The number of nitrogens with zero attached hydrogens (tertiary/aromatic N) is 3. The van der Waals surface area contributed by atoms with E-state index >= 15 is 0 Å². The first-order valence-corrected chi connectivity index (χ1v) is 9.11. The van der Waals surface area contributed by atoms with Crippen molar-refractivity contribution in [2.75, 3.05) is 27.5 Å². The van der Waals surface area contributed by atoms with Gasteiger partial charge in [0.15, 0.2) is 0 Å². The maximum absolute atomic E-state index is 13.5. The molecule has 144 valence electrons. The number of halogens is 1. The van der Waals surface area contributed by atoms with Gasteiger partial charge in [-0.05, 0) is 43.5 Å². The minimum atomic E-state index is -0.486. The number of aryl methyl sites for hydroxylation is 3.